The second kappa shape index (κ2) is 8.61. The lowest BCUT2D eigenvalue weighted by molar-refractivity contribution is -0.153. The largest absolute Gasteiger partial charge is 0.484 e. The number of likely N-dealkylation sites (N-methyl/N-ethyl adjacent to an activating group) is 1. The first-order valence-electron chi connectivity index (χ1n) is 7.03. The molecule has 1 aromatic carbocycles. The maximum Gasteiger partial charge on any atom is 0.422 e. The summed E-state index contributed by atoms with van der Waals surface area (Å²) in [6.45, 7) is 1.35. The molecule has 1 atom stereocenters. The quantitative estimate of drug-likeness (QED) is 0.834. The van der Waals surface area contributed by atoms with Crippen LogP contribution in [0.25, 0.3) is 0 Å². The highest BCUT2D eigenvalue weighted by Gasteiger charge is 2.28. The first kappa shape index (κ1) is 19.1. The number of rotatable bonds is 7. The molecule has 0 spiro atoms. The first-order valence-corrected chi connectivity index (χ1v) is 7.03. The molecule has 1 unspecified atom stereocenters. The number of ether oxygens (including phenoxy) is 2. The van der Waals surface area contributed by atoms with Gasteiger partial charge < -0.3 is 19.7 Å². The van der Waals surface area contributed by atoms with E-state index in [0.29, 0.717) is 13.2 Å². The van der Waals surface area contributed by atoms with Crippen LogP contribution in [0, 0.1) is 0 Å². The molecule has 0 aliphatic carbocycles. The zero-order valence-electron chi connectivity index (χ0n) is 13.3. The van der Waals surface area contributed by atoms with E-state index in [1.807, 2.05) is 0 Å². The molecule has 1 N–H and O–H groups in total. The Balaban J connectivity index is 2.53. The van der Waals surface area contributed by atoms with Gasteiger partial charge in [-0.15, -0.1) is 0 Å². The number of methoxy groups -OCH3 is 1. The van der Waals surface area contributed by atoms with E-state index in [2.05, 4.69) is 10.1 Å². The van der Waals surface area contributed by atoms with Gasteiger partial charge in [0.25, 0.3) is 0 Å². The Morgan fingerprint density at radius 3 is 2.43 bits per heavy atom. The zero-order valence-corrected chi connectivity index (χ0v) is 13.3. The van der Waals surface area contributed by atoms with Crippen molar-refractivity contribution in [3.8, 4) is 5.75 Å². The SMILES string of the molecule is COCCN(C)C(=O)NC(C)c1ccc(OCC(F)(F)F)cc1. The summed E-state index contributed by atoms with van der Waals surface area (Å²) in [5.74, 6) is 0.127. The number of nitrogens with one attached hydrogen (secondary N) is 1. The van der Waals surface area contributed by atoms with E-state index in [4.69, 9.17) is 4.74 Å². The molecule has 0 bridgehead atoms. The maximum absolute atomic E-state index is 12.1. The van der Waals surface area contributed by atoms with Gasteiger partial charge in [-0.3, -0.25) is 0 Å². The number of benzene rings is 1. The minimum Gasteiger partial charge on any atom is -0.484 e. The molecule has 0 saturated heterocycles. The minimum atomic E-state index is -4.37. The van der Waals surface area contributed by atoms with Crippen LogP contribution in [-0.4, -0.2) is 51.0 Å². The third-order valence-electron chi connectivity index (χ3n) is 3.10. The van der Waals surface area contributed by atoms with Gasteiger partial charge in [-0.25, -0.2) is 4.79 Å². The molecule has 2 amide bonds. The third-order valence-corrected chi connectivity index (χ3v) is 3.10. The summed E-state index contributed by atoms with van der Waals surface area (Å²) < 4.78 is 45.7. The van der Waals surface area contributed by atoms with Gasteiger partial charge in [0.1, 0.15) is 5.75 Å². The predicted octanol–water partition coefficient (Wildman–Crippen LogP) is 2.98. The van der Waals surface area contributed by atoms with Crippen LogP contribution < -0.4 is 10.1 Å². The number of carbonyl (C=O) groups is 1. The second-order valence-electron chi connectivity index (χ2n) is 5.06. The summed E-state index contributed by atoms with van der Waals surface area (Å²) in [5, 5.41) is 2.79. The monoisotopic (exact) mass is 334 g/mol. The average molecular weight is 334 g/mol. The Kier molecular flexibility index (Phi) is 7.15. The fraction of sp³-hybridized carbons (Fsp3) is 0.533. The minimum absolute atomic E-state index is 0.127. The van der Waals surface area contributed by atoms with Crippen molar-refractivity contribution in [2.45, 2.75) is 19.1 Å². The molecular weight excluding hydrogens is 313 g/mol. The van der Waals surface area contributed by atoms with E-state index in [1.54, 1.807) is 33.2 Å². The van der Waals surface area contributed by atoms with Crippen molar-refractivity contribution in [3.05, 3.63) is 29.8 Å². The Morgan fingerprint density at radius 1 is 1.30 bits per heavy atom. The van der Waals surface area contributed by atoms with Crippen molar-refractivity contribution in [3.63, 3.8) is 0 Å². The van der Waals surface area contributed by atoms with Gasteiger partial charge in [0, 0.05) is 20.7 Å². The van der Waals surface area contributed by atoms with Gasteiger partial charge in [0.15, 0.2) is 6.61 Å². The molecule has 5 nitrogen and oxygen atoms in total. The molecule has 0 saturated carbocycles. The smallest absolute Gasteiger partial charge is 0.422 e. The van der Waals surface area contributed by atoms with Crippen LogP contribution in [0.2, 0.25) is 0 Å². The van der Waals surface area contributed by atoms with Crippen LogP contribution in [0.3, 0.4) is 0 Å². The molecule has 8 heteroatoms. The zero-order chi connectivity index (χ0) is 17.5. The first-order chi connectivity index (χ1) is 10.7. The van der Waals surface area contributed by atoms with Crippen LogP contribution in [0.5, 0.6) is 5.75 Å². The average Bonchev–Trinajstić information content (AvgIpc) is 2.50. The van der Waals surface area contributed by atoms with Crippen LogP contribution in [0.15, 0.2) is 24.3 Å². The number of hydrogen-bond acceptors (Lipinski definition) is 3. The molecule has 0 aromatic heterocycles. The topological polar surface area (TPSA) is 50.8 Å². The van der Waals surface area contributed by atoms with Crippen LogP contribution in [0.1, 0.15) is 18.5 Å². The number of nitrogens with zero attached hydrogens (tertiary/aromatic N) is 1. The normalized spacial score (nSPS) is 12.6. The molecule has 0 heterocycles. The molecule has 1 rings (SSSR count). The summed E-state index contributed by atoms with van der Waals surface area (Å²) in [4.78, 5) is 13.4. The van der Waals surface area contributed by atoms with Crippen LogP contribution in [-0.2, 0) is 4.74 Å². The van der Waals surface area contributed by atoms with Crippen molar-refractivity contribution in [1.82, 2.24) is 10.2 Å². The Bertz CT molecular complexity index is 492. The molecule has 0 fully saturated rings. The Hall–Kier alpha value is -1.96. The highest BCUT2D eigenvalue weighted by molar-refractivity contribution is 5.74. The molecule has 130 valence electrons. The summed E-state index contributed by atoms with van der Waals surface area (Å²) in [6.07, 6.45) is -4.37. The lowest BCUT2D eigenvalue weighted by atomic mass is 10.1. The van der Waals surface area contributed by atoms with Gasteiger partial charge in [-0.2, -0.15) is 13.2 Å². The third kappa shape index (κ3) is 7.23. The lowest BCUT2D eigenvalue weighted by Gasteiger charge is -2.21. The highest BCUT2D eigenvalue weighted by atomic mass is 19.4. The van der Waals surface area contributed by atoms with Crippen LogP contribution >= 0.6 is 0 Å². The van der Waals surface area contributed by atoms with E-state index in [9.17, 15) is 18.0 Å². The molecule has 23 heavy (non-hydrogen) atoms. The van der Waals surface area contributed by atoms with Crippen molar-refractivity contribution in [2.75, 3.05) is 33.9 Å². The Labute approximate surface area is 133 Å². The highest BCUT2D eigenvalue weighted by Crippen LogP contribution is 2.21. The molecular formula is C15H21F3N2O3. The van der Waals surface area contributed by atoms with Crippen molar-refractivity contribution in [2.24, 2.45) is 0 Å². The predicted molar refractivity (Wildman–Crippen MR) is 79.4 cm³/mol. The number of alkyl halides is 3. The van der Waals surface area contributed by atoms with Gasteiger partial charge in [-0.1, -0.05) is 12.1 Å². The number of amides is 2. The number of carbonyl (C=O) groups excluding carboxylic acids is 1. The summed E-state index contributed by atoms with van der Waals surface area (Å²) in [6, 6.07) is 5.57. The van der Waals surface area contributed by atoms with Gasteiger partial charge in [0.2, 0.25) is 0 Å². The molecule has 0 aliphatic rings. The van der Waals surface area contributed by atoms with Gasteiger partial charge in [0.05, 0.1) is 12.6 Å². The lowest BCUT2D eigenvalue weighted by Crippen LogP contribution is -2.40. The second-order valence-corrected chi connectivity index (χ2v) is 5.06. The standard InChI is InChI=1S/C15H21F3N2O3/c1-11(19-14(21)20(2)8-9-22-3)12-4-6-13(7-5-12)23-10-15(16,17)18/h4-7,11H,8-10H2,1-3H3,(H,19,21). The van der Waals surface area contributed by atoms with Gasteiger partial charge in [-0.05, 0) is 24.6 Å². The summed E-state index contributed by atoms with van der Waals surface area (Å²) in [5.41, 5.74) is 0.762. The summed E-state index contributed by atoms with van der Waals surface area (Å²) in [7, 11) is 3.20. The molecule has 0 aliphatic heterocycles. The Morgan fingerprint density at radius 2 is 1.91 bits per heavy atom. The van der Waals surface area contributed by atoms with E-state index in [0.717, 1.165) is 5.56 Å². The summed E-state index contributed by atoms with van der Waals surface area (Å²) >= 11 is 0. The number of urea groups is 1. The van der Waals surface area contributed by atoms with Gasteiger partial charge >= 0.3 is 12.2 Å². The van der Waals surface area contributed by atoms with Crippen molar-refractivity contribution in [1.29, 1.82) is 0 Å². The van der Waals surface area contributed by atoms with E-state index >= 15 is 0 Å². The van der Waals surface area contributed by atoms with Crippen molar-refractivity contribution < 1.29 is 27.4 Å². The fourth-order valence-corrected chi connectivity index (χ4v) is 1.73. The van der Waals surface area contributed by atoms with E-state index in [1.165, 1.54) is 17.0 Å². The van der Waals surface area contributed by atoms with Crippen molar-refractivity contribution >= 4 is 6.03 Å². The van der Waals surface area contributed by atoms with E-state index in [-0.39, 0.29) is 17.8 Å². The van der Waals surface area contributed by atoms with E-state index < -0.39 is 12.8 Å². The molecule has 0 radical (unpaired) electrons. The number of halogens is 3. The van der Waals surface area contributed by atoms with Crippen LogP contribution in [0.4, 0.5) is 18.0 Å². The molecule has 1 aromatic rings. The number of hydrogen-bond donors (Lipinski definition) is 1. The fourth-order valence-electron chi connectivity index (χ4n) is 1.73. The maximum atomic E-state index is 12.1.